The maximum absolute atomic E-state index is 13.1. The molecule has 0 bridgehead atoms. The smallest absolute Gasteiger partial charge is 0.308 e. The van der Waals surface area contributed by atoms with Crippen molar-refractivity contribution in [3.8, 4) is 5.69 Å². The third-order valence-electron chi connectivity index (χ3n) is 4.36. The molecule has 0 saturated heterocycles. The number of carboxylic acid groups (broad SMARTS) is 1. The monoisotopic (exact) mass is 373 g/mol. The highest BCUT2D eigenvalue weighted by Gasteiger charge is 2.24. The first kappa shape index (κ1) is 20.6. The van der Waals surface area contributed by atoms with Crippen molar-refractivity contribution < 1.29 is 19.4 Å². The molecule has 0 aliphatic heterocycles. The van der Waals surface area contributed by atoms with Gasteiger partial charge in [0.25, 0.3) is 5.91 Å². The second-order valence-corrected chi connectivity index (χ2v) is 6.43. The van der Waals surface area contributed by atoms with Crippen LogP contribution in [0.4, 0.5) is 0 Å². The van der Waals surface area contributed by atoms with Gasteiger partial charge in [0, 0.05) is 26.3 Å². The summed E-state index contributed by atoms with van der Waals surface area (Å²) in [5, 5.41) is 13.6. The van der Waals surface area contributed by atoms with Crippen molar-refractivity contribution in [3.05, 3.63) is 47.8 Å². The average Bonchev–Trinajstić information content (AvgIpc) is 3.05. The molecule has 1 N–H and O–H groups in total. The summed E-state index contributed by atoms with van der Waals surface area (Å²) < 4.78 is 7.05. The molecule has 1 heterocycles. The Morgan fingerprint density at radius 1 is 1.30 bits per heavy atom. The van der Waals surface area contributed by atoms with Crippen LogP contribution in [0.3, 0.4) is 0 Å². The van der Waals surface area contributed by atoms with Gasteiger partial charge in [0.15, 0.2) is 0 Å². The summed E-state index contributed by atoms with van der Waals surface area (Å²) in [5.41, 5.74) is 2.08. The highest BCUT2D eigenvalue weighted by Crippen LogP contribution is 2.17. The van der Waals surface area contributed by atoms with Crippen molar-refractivity contribution in [3.63, 3.8) is 0 Å². The molecule has 0 radical (unpaired) electrons. The number of ether oxygens (including phenoxy) is 1. The van der Waals surface area contributed by atoms with Crippen molar-refractivity contribution in [1.29, 1.82) is 0 Å². The molecule has 7 nitrogen and oxygen atoms in total. The van der Waals surface area contributed by atoms with E-state index < -0.39 is 11.9 Å². The number of amides is 1. The first-order chi connectivity index (χ1) is 13.0. The van der Waals surface area contributed by atoms with Crippen LogP contribution >= 0.6 is 0 Å². The Morgan fingerprint density at radius 2 is 2.00 bits per heavy atom. The molecule has 0 aliphatic rings. The van der Waals surface area contributed by atoms with Crippen LogP contribution in [0.25, 0.3) is 5.69 Å². The van der Waals surface area contributed by atoms with Crippen molar-refractivity contribution in [2.75, 3.05) is 26.3 Å². The lowest BCUT2D eigenvalue weighted by Gasteiger charge is -2.24. The van der Waals surface area contributed by atoms with E-state index in [1.54, 1.807) is 22.7 Å². The first-order valence-electron chi connectivity index (χ1n) is 9.15. The molecule has 1 unspecified atom stereocenters. The van der Waals surface area contributed by atoms with Gasteiger partial charge in [-0.1, -0.05) is 25.1 Å². The number of carbonyl (C=O) groups is 2. The van der Waals surface area contributed by atoms with E-state index in [0.717, 1.165) is 11.4 Å². The molecule has 27 heavy (non-hydrogen) atoms. The van der Waals surface area contributed by atoms with Gasteiger partial charge >= 0.3 is 5.97 Å². The lowest BCUT2D eigenvalue weighted by molar-refractivity contribution is -0.141. The Bertz CT molecular complexity index is 758. The molecule has 7 heteroatoms. The molecule has 0 aliphatic carbocycles. The maximum Gasteiger partial charge on any atom is 0.308 e. The molecule has 146 valence electrons. The minimum absolute atomic E-state index is 0.149. The lowest BCUT2D eigenvalue weighted by Crippen LogP contribution is -2.38. The number of aliphatic carboxylic acids is 1. The Hall–Kier alpha value is -2.67. The third-order valence-corrected chi connectivity index (χ3v) is 4.36. The van der Waals surface area contributed by atoms with E-state index >= 15 is 0 Å². The number of rotatable bonds is 10. The fourth-order valence-electron chi connectivity index (χ4n) is 2.81. The van der Waals surface area contributed by atoms with Gasteiger partial charge in [-0.25, -0.2) is 4.68 Å². The summed E-state index contributed by atoms with van der Waals surface area (Å²) in [7, 11) is 0. The molecular weight excluding hydrogens is 346 g/mol. The second-order valence-electron chi connectivity index (χ2n) is 6.43. The average molecular weight is 373 g/mol. The fraction of sp³-hybridized carbons (Fsp3) is 0.450. The van der Waals surface area contributed by atoms with Gasteiger partial charge in [0.2, 0.25) is 0 Å². The van der Waals surface area contributed by atoms with Crippen LogP contribution in [0.1, 0.15) is 36.3 Å². The normalized spacial score (nSPS) is 12.0. The SMILES string of the molecule is CCOCCCN(CC(C)C(=O)O)C(=O)c1cnn(-c2ccccc2)c1C. The van der Waals surface area contributed by atoms with Crippen LogP contribution in [0.5, 0.6) is 0 Å². The van der Waals surface area contributed by atoms with Gasteiger partial charge in [0.1, 0.15) is 0 Å². The van der Waals surface area contributed by atoms with Crippen molar-refractivity contribution in [1.82, 2.24) is 14.7 Å². The van der Waals surface area contributed by atoms with Gasteiger partial charge < -0.3 is 14.7 Å². The highest BCUT2D eigenvalue weighted by atomic mass is 16.5. The van der Waals surface area contributed by atoms with Gasteiger partial charge in [-0.3, -0.25) is 9.59 Å². The van der Waals surface area contributed by atoms with Crippen LogP contribution in [0.2, 0.25) is 0 Å². The van der Waals surface area contributed by atoms with Crippen LogP contribution in [-0.4, -0.2) is 58.0 Å². The lowest BCUT2D eigenvalue weighted by atomic mass is 10.1. The molecule has 1 atom stereocenters. The van der Waals surface area contributed by atoms with E-state index in [-0.39, 0.29) is 12.5 Å². The number of nitrogens with zero attached hydrogens (tertiary/aromatic N) is 3. The molecule has 0 spiro atoms. The van der Waals surface area contributed by atoms with Gasteiger partial charge in [-0.2, -0.15) is 5.10 Å². The van der Waals surface area contributed by atoms with Crippen LogP contribution in [0, 0.1) is 12.8 Å². The Kier molecular flexibility index (Phi) is 7.55. The van der Waals surface area contributed by atoms with Gasteiger partial charge in [-0.05, 0) is 32.4 Å². The quantitative estimate of drug-likeness (QED) is 0.647. The molecule has 2 rings (SSSR count). The molecule has 1 amide bonds. The van der Waals surface area contributed by atoms with Crippen molar-refractivity contribution >= 4 is 11.9 Å². The van der Waals surface area contributed by atoms with E-state index in [9.17, 15) is 14.7 Å². The Labute approximate surface area is 159 Å². The molecule has 1 aromatic carbocycles. The van der Waals surface area contributed by atoms with Crippen LogP contribution in [0.15, 0.2) is 36.5 Å². The molecule has 0 fully saturated rings. The summed E-state index contributed by atoms with van der Waals surface area (Å²) >= 11 is 0. The summed E-state index contributed by atoms with van der Waals surface area (Å²) in [6.07, 6.45) is 2.20. The van der Waals surface area contributed by atoms with Gasteiger partial charge in [0.05, 0.1) is 29.1 Å². The number of para-hydroxylation sites is 1. The predicted octanol–water partition coefficient (Wildman–Crippen LogP) is 2.77. The number of carbonyl (C=O) groups excluding carboxylic acids is 1. The van der Waals surface area contributed by atoms with E-state index in [1.807, 2.05) is 44.2 Å². The summed E-state index contributed by atoms with van der Waals surface area (Å²) in [4.78, 5) is 25.9. The van der Waals surface area contributed by atoms with E-state index in [4.69, 9.17) is 4.74 Å². The molecule has 1 aromatic heterocycles. The first-order valence-corrected chi connectivity index (χ1v) is 9.15. The molecule has 2 aromatic rings. The largest absolute Gasteiger partial charge is 0.481 e. The van der Waals surface area contributed by atoms with Crippen LogP contribution in [-0.2, 0) is 9.53 Å². The number of hydrogen-bond donors (Lipinski definition) is 1. The standard InChI is InChI=1S/C20H27N3O4/c1-4-27-12-8-11-22(14-15(2)20(25)26)19(24)18-13-21-23(16(18)3)17-9-6-5-7-10-17/h5-7,9-10,13,15H,4,8,11-12,14H2,1-3H3,(H,25,26). The Balaban J connectivity index is 2.20. The summed E-state index contributed by atoms with van der Waals surface area (Å²) in [6, 6.07) is 9.57. The Morgan fingerprint density at radius 3 is 2.63 bits per heavy atom. The maximum atomic E-state index is 13.1. The van der Waals surface area contributed by atoms with E-state index in [1.165, 1.54) is 0 Å². The number of carboxylic acids is 1. The minimum atomic E-state index is -0.922. The number of benzene rings is 1. The molecular formula is C20H27N3O4. The molecule has 0 saturated carbocycles. The van der Waals surface area contributed by atoms with Crippen molar-refractivity contribution in [2.45, 2.75) is 27.2 Å². The minimum Gasteiger partial charge on any atom is -0.481 e. The highest BCUT2D eigenvalue weighted by molar-refractivity contribution is 5.95. The zero-order valence-corrected chi connectivity index (χ0v) is 16.1. The number of aromatic nitrogens is 2. The summed E-state index contributed by atoms with van der Waals surface area (Å²) in [5.74, 6) is -1.78. The van der Waals surface area contributed by atoms with Crippen LogP contribution < -0.4 is 0 Å². The van der Waals surface area contributed by atoms with E-state index in [0.29, 0.717) is 31.7 Å². The third kappa shape index (κ3) is 5.40. The predicted molar refractivity (Wildman–Crippen MR) is 102 cm³/mol. The van der Waals surface area contributed by atoms with Crippen molar-refractivity contribution in [2.24, 2.45) is 5.92 Å². The number of hydrogen-bond acceptors (Lipinski definition) is 4. The fourth-order valence-corrected chi connectivity index (χ4v) is 2.81. The van der Waals surface area contributed by atoms with E-state index in [2.05, 4.69) is 5.10 Å². The second kappa shape index (κ2) is 9.87. The summed E-state index contributed by atoms with van der Waals surface area (Å²) in [6.45, 7) is 7.09. The zero-order chi connectivity index (χ0) is 19.8. The topological polar surface area (TPSA) is 84.7 Å². The zero-order valence-electron chi connectivity index (χ0n) is 16.1. The van der Waals surface area contributed by atoms with Gasteiger partial charge in [-0.15, -0.1) is 0 Å².